The number of nitrogens with one attached hydrogen (secondary N) is 2. The molecule has 9 heteroatoms. The number of carbonyl (C=O) groups excluding carboxylic acids is 2. The van der Waals surface area contributed by atoms with E-state index in [-0.39, 0.29) is 5.69 Å². The van der Waals surface area contributed by atoms with Crippen LogP contribution in [0.1, 0.15) is 5.56 Å². The summed E-state index contributed by atoms with van der Waals surface area (Å²) in [4.78, 5) is 23.8. The Morgan fingerprint density at radius 2 is 1.58 bits per heavy atom. The summed E-state index contributed by atoms with van der Waals surface area (Å²) in [5.74, 6) is -3.68. The van der Waals surface area contributed by atoms with Crippen LogP contribution in [0.3, 0.4) is 0 Å². The highest BCUT2D eigenvalue weighted by Gasteiger charge is 2.21. The van der Waals surface area contributed by atoms with E-state index in [2.05, 4.69) is 26.6 Å². The Morgan fingerprint density at radius 3 is 2.15 bits per heavy atom. The number of anilines is 2. The molecule has 6 nitrogen and oxygen atoms in total. The van der Waals surface area contributed by atoms with Crippen LogP contribution in [0.25, 0.3) is 0 Å². The van der Waals surface area contributed by atoms with Crippen LogP contribution in [-0.4, -0.2) is 31.7 Å². The molecule has 2 N–H and O–H groups in total. The normalized spacial score (nSPS) is 11.0. The first-order chi connectivity index (χ1) is 12.1. The molecule has 0 aromatic heterocycles. The standard InChI is InChI=1S/C17H16BrFN2O4S/c1-11-8-12(18)2-7-15(11)21-17(23)10-26(24,25)9-16(22)20-14-5-3-13(19)4-6-14/h2-8H,9-10H2,1H3,(H,20,22)(H,21,23). The molecule has 0 spiro atoms. The molecule has 0 atom stereocenters. The molecule has 0 bridgehead atoms. The van der Waals surface area contributed by atoms with Crippen LogP contribution >= 0.6 is 15.9 Å². The highest BCUT2D eigenvalue weighted by molar-refractivity contribution is 9.10. The Labute approximate surface area is 158 Å². The van der Waals surface area contributed by atoms with Gasteiger partial charge in [-0.3, -0.25) is 9.59 Å². The summed E-state index contributed by atoms with van der Waals surface area (Å²) in [6.45, 7) is 1.77. The van der Waals surface area contributed by atoms with E-state index < -0.39 is 39.0 Å². The second-order valence-electron chi connectivity index (χ2n) is 5.59. The van der Waals surface area contributed by atoms with E-state index in [1.807, 2.05) is 0 Å². The van der Waals surface area contributed by atoms with Crippen molar-refractivity contribution in [2.45, 2.75) is 6.92 Å². The largest absolute Gasteiger partial charge is 0.325 e. The molecule has 0 aliphatic rings. The van der Waals surface area contributed by atoms with Gasteiger partial charge in [-0.05, 0) is 55.0 Å². The number of rotatable bonds is 6. The summed E-state index contributed by atoms with van der Waals surface area (Å²) in [6.07, 6.45) is 0. The Balaban J connectivity index is 1.93. The van der Waals surface area contributed by atoms with Gasteiger partial charge in [-0.1, -0.05) is 15.9 Å². The number of halogens is 2. The van der Waals surface area contributed by atoms with Gasteiger partial charge in [0.25, 0.3) is 0 Å². The predicted molar refractivity (Wildman–Crippen MR) is 101 cm³/mol. The number of amides is 2. The van der Waals surface area contributed by atoms with Crippen molar-refractivity contribution in [2.75, 3.05) is 22.1 Å². The minimum absolute atomic E-state index is 0.265. The molecule has 2 aromatic carbocycles. The molecule has 0 heterocycles. The molecule has 2 amide bonds. The van der Waals surface area contributed by atoms with Crippen molar-refractivity contribution in [2.24, 2.45) is 0 Å². The fourth-order valence-corrected chi connectivity index (χ4v) is 3.66. The molecule has 0 aliphatic carbocycles. The fraction of sp³-hybridized carbons (Fsp3) is 0.176. The molecule has 0 aliphatic heterocycles. The van der Waals surface area contributed by atoms with Gasteiger partial charge in [0.05, 0.1) is 0 Å². The molecule has 138 valence electrons. The van der Waals surface area contributed by atoms with Gasteiger partial charge in [0, 0.05) is 15.8 Å². The lowest BCUT2D eigenvalue weighted by molar-refractivity contribution is -0.114. The third kappa shape index (κ3) is 6.23. The van der Waals surface area contributed by atoms with Crippen molar-refractivity contribution < 1.29 is 22.4 Å². The van der Waals surface area contributed by atoms with Gasteiger partial charge in [-0.15, -0.1) is 0 Å². The maximum absolute atomic E-state index is 12.8. The smallest absolute Gasteiger partial charge is 0.239 e. The van der Waals surface area contributed by atoms with Crippen LogP contribution in [0.2, 0.25) is 0 Å². The number of hydrogen-bond donors (Lipinski definition) is 2. The molecule has 0 saturated heterocycles. The number of benzene rings is 2. The second kappa shape index (κ2) is 8.41. The van der Waals surface area contributed by atoms with Gasteiger partial charge in [-0.2, -0.15) is 0 Å². The van der Waals surface area contributed by atoms with Crippen molar-refractivity contribution >= 4 is 49.0 Å². The molecule has 2 rings (SSSR count). The quantitative estimate of drug-likeness (QED) is 0.718. The van der Waals surface area contributed by atoms with Crippen molar-refractivity contribution in [1.82, 2.24) is 0 Å². The van der Waals surface area contributed by atoms with E-state index >= 15 is 0 Å². The summed E-state index contributed by atoms with van der Waals surface area (Å²) in [7, 11) is -3.96. The van der Waals surface area contributed by atoms with E-state index in [1.54, 1.807) is 25.1 Å². The summed E-state index contributed by atoms with van der Waals surface area (Å²) in [5.41, 5.74) is 1.52. The fourth-order valence-electron chi connectivity index (χ4n) is 2.13. The lowest BCUT2D eigenvalue weighted by Crippen LogP contribution is -2.30. The van der Waals surface area contributed by atoms with Crippen LogP contribution in [0.5, 0.6) is 0 Å². The van der Waals surface area contributed by atoms with Crippen molar-refractivity contribution in [3.63, 3.8) is 0 Å². The molecular weight excluding hydrogens is 427 g/mol. The van der Waals surface area contributed by atoms with Crippen molar-refractivity contribution in [1.29, 1.82) is 0 Å². The zero-order valence-corrected chi connectivity index (χ0v) is 16.2. The van der Waals surface area contributed by atoms with Gasteiger partial charge >= 0.3 is 0 Å². The molecule has 0 saturated carbocycles. The summed E-state index contributed by atoms with van der Waals surface area (Å²) in [6, 6.07) is 10.0. The first-order valence-corrected chi connectivity index (χ1v) is 10.1. The topological polar surface area (TPSA) is 92.3 Å². The number of aryl methyl sites for hydroxylation is 1. The van der Waals surface area contributed by atoms with Crippen LogP contribution in [-0.2, 0) is 19.4 Å². The molecule has 0 radical (unpaired) electrons. The van der Waals surface area contributed by atoms with Crippen molar-refractivity contribution in [3.05, 3.63) is 58.3 Å². The number of sulfone groups is 1. The number of hydrogen-bond acceptors (Lipinski definition) is 4. The Hall–Kier alpha value is -2.26. The lowest BCUT2D eigenvalue weighted by atomic mass is 10.2. The van der Waals surface area contributed by atoms with Crippen LogP contribution in [0.4, 0.5) is 15.8 Å². The Kier molecular flexibility index (Phi) is 6.49. The second-order valence-corrected chi connectivity index (χ2v) is 8.57. The highest BCUT2D eigenvalue weighted by Crippen LogP contribution is 2.20. The van der Waals surface area contributed by atoms with E-state index in [9.17, 15) is 22.4 Å². The average molecular weight is 443 g/mol. The summed E-state index contributed by atoms with van der Waals surface area (Å²) >= 11 is 3.30. The lowest BCUT2D eigenvalue weighted by Gasteiger charge is -2.09. The number of carbonyl (C=O) groups is 2. The van der Waals surface area contributed by atoms with E-state index in [0.717, 1.165) is 22.2 Å². The van der Waals surface area contributed by atoms with Gasteiger partial charge in [0.15, 0.2) is 9.84 Å². The molecule has 0 unspecified atom stereocenters. The minimum atomic E-state index is -3.96. The van der Waals surface area contributed by atoms with E-state index in [0.29, 0.717) is 5.69 Å². The molecular formula is C17H16BrFN2O4S. The SMILES string of the molecule is Cc1cc(Br)ccc1NC(=O)CS(=O)(=O)CC(=O)Nc1ccc(F)cc1. The first kappa shape index (κ1) is 20.1. The summed E-state index contributed by atoms with van der Waals surface area (Å²) in [5, 5.41) is 4.85. The van der Waals surface area contributed by atoms with Gasteiger partial charge < -0.3 is 10.6 Å². The molecule has 26 heavy (non-hydrogen) atoms. The molecule has 0 fully saturated rings. The predicted octanol–water partition coefficient (Wildman–Crippen LogP) is 2.89. The maximum atomic E-state index is 12.8. The third-order valence-electron chi connectivity index (χ3n) is 3.29. The summed E-state index contributed by atoms with van der Waals surface area (Å²) < 4.78 is 37.7. The zero-order chi connectivity index (χ0) is 19.3. The Bertz CT molecular complexity index is 930. The highest BCUT2D eigenvalue weighted by atomic mass is 79.9. The van der Waals surface area contributed by atoms with Crippen LogP contribution in [0, 0.1) is 12.7 Å². The van der Waals surface area contributed by atoms with Gasteiger partial charge in [0.2, 0.25) is 11.8 Å². The van der Waals surface area contributed by atoms with E-state index in [4.69, 9.17) is 0 Å². The maximum Gasteiger partial charge on any atom is 0.239 e. The monoisotopic (exact) mass is 442 g/mol. The average Bonchev–Trinajstić information content (AvgIpc) is 2.51. The van der Waals surface area contributed by atoms with Gasteiger partial charge in [-0.25, -0.2) is 12.8 Å². The van der Waals surface area contributed by atoms with E-state index in [1.165, 1.54) is 12.1 Å². The van der Waals surface area contributed by atoms with Gasteiger partial charge in [0.1, 0.15) is 17.3 Å². The third-order valence-corrected chi connectivity index (χ3v) is 5.19. The van der Waals surface area contributed by atoms with Crippen LogP contribution < -0.4 is 10.6 Å². The Morgan fingerprint density at radius 1 is 1.00 bits per heavy atom. The first-order valence-electron chi connectivity index (χ1n) is 7.46. The van der Waals surface area contributed by atoms with Crippen LogP contribution in [0.15, 0.2) is 46.9 Å². The van der Waals surface area contributed by atoms with Crippen molar-refractivity contribution in [3.8, 4) is 0 Å². The minimum Gasteiger partial charge on any atom is -0.325 e. The molecule has 2 aromatic rings. The zero-order valence-electron chi connectivity index (χ0n) is 13.8.